The number of hydrogen-bond acceptors (Lipinski definition) is 5. The molecule has 2 heterocycles. The van der Waals surface area contributed by atoms with Crippen molar-refractivity contribution in [1.29, 1.82) is 0 Å². The van der Waals surface area contributed by atoms with Crippen LogP contribution < -0.4 is 5.32 Å². The molecule has 0 amide bonds. The lowest BCUT2D eigenvalue weighted by molar-refractivity contribution is 0.322. The number of aliphatic hydroxyl groups excluding tert-OH is 1. The number of aliphatic hydroxyl groups is 1. The van der Waals surface area contributed by atoms with Gasteiger partial charge in [0.2, 0.25) is 0 Å². The van der Waals surface area contributed by atoms with Crippen LogP contribution in [-0.4, -0.2) is 34.0 Å². The lowest BCUT2D eigenvalue weighted by Crippen LogP contribution is -2.04. The van der Waals surface area contributed by atoms with Gasteiger partial charge in [-0.25, -0.2) is 9.97 Å². The van der Waals surface area contributed by atoms with Gasteiger partial charge in [0.25, 0.3) is 0 Å². The molecule has 0 radical (unpaired) electrons. The summed E-state index contributed by atoms with van der Waals surface area (Å²) in [5, 5.41) is 13.4. The van der Waals surface area contributed by atoms with E-state index in [1.54, 1.807) is 18.1 Å². The van der Waals surface area contributed by atoms with Crippen molar-refractivity contribution < 1.29 is 5.11 Å². The lowest BCUT2D eigenvalue weighted by Gasteiger charge is -2.10. The van der Waals surface area contributed by atoms with E-state index in [0.29, 0.717) is 5.75 Å². The van der Waals surface area contributed by atoms with Gasteiger partial charge in [0.05, 0.1) is 12.3 Å². The van der Waals surface area contributed by atoms with E-state index in [1.807, 2.05) is 12.1 Å². The highest BCUT2D eigenvalue weighted by atomic mass is 32.2. The van der Waals surface area contributed by atoms with Crippen LogP contribution in [0.4, 0.5) is 5.69 Å². The van der Waals surface area contributed by atoms with Crippen LogP contribution in [0.3, 0.4) is 0 Å². The fourth-order valence-electron chi connectivity index (χ4n) is 2.29. The zero-order valence-corrected chi connectivity index (χ0v) is 11.3. The molecule has 0 fully saturated rings. The minimum Gasteiger partial charge on any atom is -0.396 e. The summed E-state index contributed by atoms with van der Waals surface area (Å²) in [5.41, 5.74) is 4.44. The highest BCUT2D eigenvalue weighted by Crippen LogP contribution is 2.35. The highest BCUT2D eigenvalue weighted by molar-refractivity contribution is 7.99. The Morgan fingerprint density at radius 2 is 2.16 bits per heavy atom. The van der Waals surface area contributed by atoms with Gasteiger partial charge in [0, 0.05) is 29.1 Å². The average molecular weight is 273 g/mol. The van der Waals surface area contributed by atoms with E-state index in [0.717, 1.165) is 34.9 Å². The van der Waals surface area contributed by atoms with Crippen LogP contribution in [0.2, 0.25) is 0 Å². The fraction of sp³-hybridized carbons (Fsp3) is 0.286. The Labute approximate surface area is 116 Å². The van der Waals surface area contributed by atoms with Crippen molar-refractivity contribution >= 4 is 17.4 Å². The van der Waals surface area contributed by atoms with Crippen molar-refractivity contribution in [2.45, 2.75) is 11.4 Å². The predicted molar refractivity (Wildman–Crippen MR) is 77.5 cm³/mol. The summed E-state index contributed by atoms with van der Waals surface area (Å²) in [6.07, 6.45) is 2.51. The molecule has 5 heteroatoms. The molecule has 1 aromatic carbocycles. The molecule has 98 valence electrons. The van der Waals surface area contributed by atoms with Gasteiger partial charge in [-0.1, -0.05) is 18.2 Å². The normalized spacial score (nSPS) is 13.1. The maximum Gasteiger partial charge on any atom is 0.117 e. The van der Waals surface area contributed by atoms with Crippen LogP contribution in [-0.2, 0) is 6.42 Å². The first kappa shape index (κ1) is 12.4. The first-order chi connectivity index (χ1) is 9.40. The van der Waals surface area contributed by atoms with Gasteiger partial charge in [-0.3, -0.25) is 0 Å². The topological polar surface area (TPSA) is 58.0 Å². The number of aromatic nitrogens is 2. The predicted octanol–water partition coefficient (Wildman–Crippen LogP) is 2.20. The Hall–Kier alpha value is -1.59. The molecular weight excluding hydrogens is 258 g/mol. The summed E-state index contributed by atoms with van der Waals surface area (Å²) in [4.78, 5) is 8.82. The summed E-state index contributed by atoms with van der Waals surface area (Å²) in [6, 6.07) is 8.21. The van der Waals surface area contributed by atoms with E-state index in [1.165, 1.54) is 5.56 Å². The minimum atomic E-state index is 0.165. The second-order valence-electron chi connectivity index (χ2n) is 4.30. The zero-order chi connectivity index (χ0) is 13.1. The molecule has 1 aliphatic rings. The van der Waals surface area contributed by atoms with Crippen molar-refractivity contribution in [3.63, 3.8) is 0 Å². The third-order valence-corrected chi connectivity index (χ3v) is 4.12. The fourth-order valence-corrected chi connectivity index (χ4v) is 3.07. The monoisotopic (exact) mass is 273 g/mol. The van der Waals surface area contributed by atoms with Gasteiger partial charge < -0.3 is 10.4 Å². The van der Waals surface area contributed by atoms with Crippen molar-refractivity contribution in [2.75, 3.05) is 24.2 Å². The molecule has 3 rings (SSSR count). The minimum absolute atomic E-state index is 0.165. The van der Waals surface area contributed by atoms with Gasteiger partial charge in [-0.2, -0.15) is 0 Å². The second kappa shape index (κ2) is 5.59. The Bertz CT molecular complexity index is 589. The number of thioether (sulfide) groups is 1. The van der Waals surface area contributed by atoms with Gasteiger partial charge in [-0.05, 0) is 12.5 Å². The Morgan fingerprint density at radius 1 is 1.26 bits per heavy atom. The number of fused-ring (bicyclic) bond motifs is 3. The number of rotatable bonds is 3. The van der Waals surface area contributed by atoms with E-state index in [-0.39, 0.29) is 6.61 Å². The number of anilines is 1. The number of para-hydroxylation sites is 1. The first-order valence-electron chi connectivity index (χ1n) is 6.31. The lowest BCUT2D eigenvalue weighted by atomic mass is 10.1. The molecule has 1 aliphatic heterocycles. The summed E-state index contributed by atoms with van der Waals surface area (Å²) in [5.74, 6) is 0.665. The standard InChI is InChI=1S/C14H15N3OS/c18-7-8-19-14-11-5-6-15-12-4-2-1-3-10(12)13(11)16-9-17-14/h1-4,9,15,18H,5-8H2. The van der Waals surface area contributed by atoms with Gasteiger partial charge in [0.15, 0.2) is 0 Å². The van der Waals surface area contributed by atoms with Crippen molar-refractivity contribution in [2.24, 2.45) is 0 Å². The third kappa shape index (κ3) is 2.43. The smallest absolute Gasteiger partial charge is 0.117 e. The molecule has 0 atom stereocenters. The number of nitrogens with one attached hydrogen (secondary N) is 1. The van der Waals surface area contributed by atoms with Crippen LogP contribution in [0.15, 0.2) is 35.6 Å². The van der Waals surface area contributed by atoms with Crippen molar-refractivity contribution in [3.8, 4) is 11.3 Å². The molecule has 0 unspecified atom stereocenters. The SMILES string of the molecule is OCCSc1ncnc2c1CCNc1ccccc1-2. The van der Waals surface area contributed by atoms with Crippen LogP contribution in [0.25, 0.3) is 11.3 Å². The van der Waals surface area contributed by atoms with E-state index in [9.17, 15) is 0 Å². The van der Waals surface area contributed by atoms with Crippen molar-refractivity contribution in [3.05, 3.63) is 36.2 Å². The van der Waals surface area contributed by atoms with Crippen LogP contribution in [0.5, 0.6) is 0 Å². The van der Waals surface area contributed by atoms with Crippen LogP contribution in [0, 0.1) is 0 Å². The Balaban J connectivity index is 2.09. The van der Waals surface area contributed by atoms with Gasteiger partial charge in [-0.15, -0.1) is 11.8 Å². The average Bonchev–Trinajstić information content (AvgIpc) is 2.65. The van der Waals surface area contributed by atoms with Crippen LogP contribution in [0.1, 0.15) is 5.56 Å². The number of benzene rings is 1. The van der Waals surface area contributed by atoms with Gasteiger partial charge in [0.1, 0.15) is 11.4 Å². The summed E-state index contributed by atoms with van der Waals surface area (Å²) >= 11 is 1.59. The molecule has 0 aliphatic carbocycles. The first-order valence-corrected chi connectivity index (χ1v) is 7.29. The molecule has 2 N–H and O–H groups in total. The third-order valence-electron chi connectivity index (χ3n) is 3.11. The summed E-state index contributed by atoms with van der Waals surface area (Å²) in [7, 11) is 0. The number of hydrogen-bond donors (Lipinski definition) is 2. The molecule has 19 heavy (non-hydrogen) atoms. The zero-order valence-electron chi connectivity index (χ0n) is 10.5. The Kier molecular flexibility index (Phi) is 3.66. The van der Waals surface area contributed by atoms with E-state index >= 15 is 0 Å². The molecule has 1 aromatic heterocycles. The quantitative estimate of drug-likeness (QED) is 0.663. The molecule has 0 spiro atoms. The number of nitrogens with zero attached hydrogens (tertiary/aromatic N) is 2. The van der Waals surface area contributed by atoms with E-state index < -0.39 is 0 Å². The molecule has 0 saturated heterocycles. The summed E-state index contributed by atoms with van der Waals surface area (Å²) in [6.45, 7) is 1.04. The Morgan fingerprint density at radius 3 is 3.05 bits per heavy atom. The summed E-state index contributed by atoms with van der Waals surface area (Å²) < 4.78 is 0. The molecule has 4 nitrogen and oxygen atoms in total. The molecule has 0 saturated carbocycles. The second-order valence-corrected chi connectivity index (χ2v) is 5.38. The molecule has 2 aromatic rings. The van der Waals surface area contributed by atoms with Crippen LogP contribution >= 0.6 is 11.8 Å². The maximum atomic E-state index is 8.97. The largest absolute Gasteiger partial charge is 0.396 e. The maximum absolute atomic E-state index is 8.97. The van der Waals surface area contributed by atoms with Gasteiger partial charge >= 0.3 is 0 Å². The highest BCUT2D eigenvalue weighted by Gasteiger charge is 2.18. The van der Waals surface area contributed by atoms with E-state index in [2.05, 4.69) is 27.4 Å². The molecule has 0 bridgehead atoms. The van der Waals surface area contributed by atoms with Crippen molar-refractivity contribution in [1.82, 2.24) is 9.97 Å². The molecular formula is C14H15N3OS. The van der Waals surface area contributed by atoms with E-state index in [4.69, 9.17) is 5.11 Å².